The van der Waals surface area contributed by atoms with Crippen LogP contribution in [0.3, 0.4) is 0 Å². The monoisotopic (exact) mass is 372 g/mol. The summed E-state index contributed by atoms with van der Waals surface area (Å²) in [6.45, 7) is 0.464. The molecule has 140 valence electrons. The van der Waals surface area contributed by atoms with Crippen LogP contribution in [0.5, 0.6) is 11.5 Å². The number of nitrogens with zero attached hydrogens (tertiary/aromatic N) is 2. The lowest BCUT2D eigenvalue weighted by Gasteiger charge is -2.11. The zero-order valence-electron chi connectivity index (χ0n) is 15.5. The standard InChI is InChI=1S/C23H20N2O3/c1-27-18-10-7-11-19(14-18)28-16-23-24-20-12-5-6-13-21(20)25(23)15-22(26)17-8-3-2-4-9-17/h2-14H,15-16H2,1H3. The van der Waals surface area contributed by atoms with Crippen molar-refractivity contribution in [2.45, 2.75) is 13.2 Å². The highest BCUT2D eigenvalue weighted by Crippen LogP contribution is 2.22. The quantitative estimate of drug-likeness (QED) is 0.448. The normalized spacial score (nSPS) is 10.8. The number of aromatic nitrogens is 2. The number of rotatable bonds is 7. The van der Waals surface area contributed by atoms with E-state index in [2.05, 4.69) is 4.98 Å². The summed E-state index contributed by atoms with van der Waals surface area (Å²) < 4.78 is 13.1. The number of para-hydroxylation sites is 2. The molecule has 0 amide bonds. The van der Waals surface area contributed by atoms with Crippen LogP contribution >= 0.6 is 0 Å². The molecule has 0 aliphatic rings. The molecule has 0 bridgehead atoms. The lowest BCUT2D eigenvalue weighted by molar-refractivity contribution is 0.0971. The van der Waals surface area contributed by atoms with Gasteiger partial charge >= 0.3 is 0 Å². The first kappa shape index (κ1) is 17.8. The van der Waals surface area contributed by atoms with Crippen LogP contribution in [0.4, 0.5) is 0 Å². The fourth-order valence-corrected chi connectivity index (χ4v) is 3.11. The van der Waals surface area contributed by atoms with Crippen molar-refractivity contribution < 1.29 is 14.3 Å². The van der Waals surface area contributed by atoms with Crippen molar-refractivity contribution >= 4 is 16.8 Å². The summed E-state index contributed by atoms with van der Waals surface area (Å²) in [7, 11) is 1.62. The molecule has 3 aromatic carbocycles. The zero-order valence-corrected chi connectivity index (χ0v) is 15.5. The SMILES string of the molecule is COc1cccc(OCc2nc3ccccc3n2CC(=O)c2ccccc2)c1. The molecule has 1 heterocycles. The highest BCUT2D eigenvalue weighted by Gasteiger charge is 2.15. The molecule has 0 atom stereocenters. The number of hydrogen-bond acceptors (Lipinski definition) is 4. The van der Waals surface area contributed by atoms with Crippen LogP contribution in [0.2, 0.25) is 0 Å². The third-order valence-corrected chi connectivity index (χ3v) is 4.54. The molecule has 5 heteroatoms. The van der Waals surface area contributed by atoms with Crippen molar-refractivity contribution in [3.05, 3.63) is 90.3 Å². The van der Waals surface area contributed by atoms with Gasteiger partial charge in [0.1, 0.15) is 23.9 Å². The van der Waals surface area contributed by atoms with Crippen LogP contribution in [0.25, 0.3) is 11.0 Å². The molecule has 4 aromatic rings. The largest absolute Gasteiger partial charge is 0.497 e. The Labute approximate surface area is 163 Å². The van der Waals surface area contributed by atoms with E-state index in [1.54, 1.807) is 7.11 Å². The van der Waals surface area contributed by atoms with Gasteiger partial charge in [-0.05, 0) is 24.3 Å². The van der Waals surface area contributed by atoms with Gasteiger partial charge in [-0.2, -0.15) is 0 Å². The fourth-order valence-electron chi connectivity index (χ4n) is 3.11. The van der Waals surface area contributed by atoms with E-state index in [0.29, 0.717) is 17.1 Å². The highest BCUT2D eigenvalue weighted by molar-refractivity contribution is 5.96. The van der Waals surface area contributed by atoms with Gasteiger partial charge in [-0.3, -0.25) is 4.79 Å². The Bertz CT molecular complexity index is 1100. The van der Waals surface area contributed by atoms with E-state index in [9.17, 15) is 4.79 Å². The smallest absolute Gasteiger partial charge is 0.182 e. The van der Waals surface area contributed by atoms with Crippen molar-refractivity contribution in [1.82, 2.24) is 9.55 Å². The van der Waals surface area contributed by atoms with Gasteiger partial charge < -0.3 is 14.0 Å². The number of Topliss-reactive ketones (excluding diaryl/α,β-unsaturated/α-hetero) is 1. The van der Waals surface area contributed by atoms with E-state index in [1.807, 2.05) is 83.4 Å². The molecule has 5 nitrogen and oxygen atoms in total. The van der Waals surface area contributed by atoms with Crippen molar-refractivity contribution in [3.63, 3.8) is 0 Å². The summed E-state index contributed by atoms with van der Waals surface area (Å²) in [6, 6.07) is 24.5. The number of imidazole rings is 1. The van der Waals surface area contributed by atoms with Gasteiger partial charge in [-0.25, -0.2) is 4.98 Å². The first-order valence-electron chi connectivity index (χ1n) is 9.04. The lowest BCUT2D eigenvalue weighted by Crippen LogP contribution is -2.14. The van der Waals surface area contributed by atoms with E-state index in [1.165, 1.54) is 0 Å². The van der Waals surface area contributed by atoms with E-state index in [-0.39, 0.29) is 18.9 Å². The zero-order chi connectivity index (χ0) is 19.3. The number of ether oxygens (including phenoxy) is 2. The van der Waals surface area contributed by atoms with Gasteiger partial charge in [0, 0.05) is 11.6 Å². The topological polar surface area (TPSA) is 53.4 Å². The predicted molar refractivity (Wildman–Crippen MR) is 108 cm³/mol. The second-order valence-electron chi connectivity index (χ2n) is 6.36. The summed E-state index contributed by atoms with van der Waals surface area (Å²) in [5.74, 6) is 2.15. The maximum Gasteiger partial charge on any atom is 0.182 e. The van der Waals surface area contributed by atoms with Crippen LogP contribution in [0.1, 0.15) is 16.2 Å². The van der Waals surface area contributed by atoms with Crippen molar-refractivity contribution in [1.29, 1.82) is 0 Å². The minimum Gasteiger partial charge on any atom is -0.497 e. The Balaban J connectivity index is 1.62. The molecule has 28 heavy (non-hydrogen) atoms. The van der Waals surface area contributed by atoms with Crippen LogP contribution in [-0.2, 0) is 13.2 Å². The lowest BCUT2D eigenvalue weighted by atomic mass is 10.1. The van der Waals surface area contributed by atoms with Crippen molar-refractivity contribution in [2.24, 2.45) is 0 Å². The van der Waals surface area contributed by atoms with Gasteiger partial charge in [0.05, 0.1) is 24.7 Å². The third-order valence-electron chi connectivity index (χ3n) is 4.54. The molecule has 0 aliphatic heterocycles. The molecule has 1 aromatic heterocycles. The average Bonchev–Trinajstić information content (AvgIpc) is 3.10. The summed E-state index contributed by atoms with van der Waals surface area (Å²) in [4.78, 5) is 17.4. The maximum atomic E-state index is 12.8. The molecule has 4 rings (SSSR count). The Morgan fingerprint density at radius 1 is 0.929 bits per heavy atom. The number of hydrogen-bond donors (Lipinski definition) is 0. The number of methoxy groups -OCH3 is 1. The Morgan fingerprint density at radius 3 is 2.50 bits per heavy atom. The number of ketones is 1. The first-order chi connectivity index (χ1) is 13.7. The van der Waals surface area contributed by atoms with Gasteiger partial charge in [-0.15, -0.1) is 0 Å². The molecule has 0 spiro atoms. The van der Waals surface area contributed by atoms with E-state index in [0.717, 1.165) is 16.8 Å². The molecule has 0 N–H and O–H groups in total. The van der Waals surface area contributed by atoms with Crippen LogP contribution in [0.15, 0.2) is 78.9 Å². The fraction of sp³-hybridized carbons (Fsp3) is 0.130. The number of benzene rings is 3. The molecule has 0 fully saturated rings. The van der Waals surface area contributed by atoms with Gasteiger partial charge in [0.15, 0.2) is 5.78 Å². The molecule has 0 saturated heterocycles. The summed E-state index contributed by atoms with van der Waals surface area (Å²) >= 11 is 0. The van der Waals surface area contributed by atoms with Crippen molar-refractivity contribution in [2.75, 3.05) is 7.11 Å². The van der Waals surface area contributed by atoms with Crippen molar-refractivity contribution in [3.8, 4) is 11.5 Å². The summed E-state index contributed by atoms with van der Waals surface area (Å²) in [5, 5.41) is 0. The highest BCUT2D eigenvalue weighted by atomic mass is 16.5. The minimum absolute atomic E-state index is 0.0337. The van der Waals surface area contributed by atoms with Gasteiger partial charge in [0.25, 0.3) is 0 Å². The maximum absolute atomic E-state index is 12.8. The Morgan fingerprint density at radius 2 is 1.68 bits per heavy atom. The van der Waals surface area contributed by atoms with Crippen LogP contribution in [0, 0.1) is 0 Å². The minimum atomic E-state index is 0.0337. The first-order valence-corrected chi connectivity index (χ1v) is 9.04. The second kappa shape index (κ2) is 7.96. The molecule has 0 aliphatic carbocycles. The predicted octanol–water partition coefficient (Wildman–Crippen LogP) is 4.51. The summed E-state index contributed by atoms with van der Waals surface area (Å²) in [6.07, 6.45) is 0. The summed E-state index contributed by atoms with van der Waals surface area (Å²) in [5.41, 5.74) is 2.43. The van der Waals surface area contributed by atoms with Gasteiger partial charge in [0.2, 0.25) is 0 Å². The molecule has 0 unspecified atom stereocenters. The number of carbonyl (C=O) groups excluding carboxylic acids is 1. The number of fused-ring (bicyclic) bond motifs is 1. The second-order valence-corrected chi connectivity index (χ2v) is 6.36. The van der Waals surface area contributed by atoms with Crippen LogP contribution < -0.4 is 9.47 Å². The molecule has 0 saturated carbocycles. The Hall–Kier alpha value is -3.60. The third kappa shape index (κ3) is 3.74. The molecular weight excluding hydrogens is 352 g/mol. The molecule has 0 radical (unpaired) electrons. The van der Waals surface area contributed by atoms with E-state index in [4.69, 9.17) is 9.47 Å². The molecular formula is C23H20N2O3. The number of carbonyl (C=O) groups is 1. The van der Waals surface area contributed by atoms with Gasteiger partial charge in [-0.1, -0.05) is 48.5 Å². The van der Waals surface area contributed by atoms with Crippen LogP contribution in [-0.4, -0.2) is 22.4 Å². The Kier molecular flexibility index (Phi) is 5.06. The van der Waals surface area contributed by atoms with E-state index < -0.39 is 0 Å². The average molecular weight is 372 g/mol. The van der Waals surface area contributed by atoms with E-state index >= 15 is 0 Å².